The number of benzene rings is 1. The molecule has 5 rings (SSSR count). The van der Waals surface area contributed by atoms with Crippen LogP contribution in [-0.4, -0.2) is 72.3 Å². The van der Waals surface area contributed by atoms with E-state index in [2.05, 4.69) is 50.0 Å². The van der Waals surface area contributed by atoms with Gasteiger partial charge in [-0.05, 0) is 24.3 Å². The number of aromatic nitrogens is 3. The summed E-state index contributed by atoms with van der Waals surface area (Å²) >= 11 is 0. The second kappa shape index (κ2) is 8.31. The Morgan fingerprint density at radius 1 is 0.793 bits per heavy atom. The SMILES string of the molecule is c1ccc(N2CCN(c3nc(CN4CCOCC4)nc4ccccc34)CC2)nc1. The molecule has 7 heteroatoms. The van der Waals surface area contributed by atoms with Gasteiger partial charge in [-0.1, -0.05) is 18.2 Å². The first-order valence-corrected chi connectivity index (χ1v) is 10.3. The predicted molar refractivity (Wildman–Crippen MR) is 114 cm³/mol. The number of morpholine rings is 1. The maximum Gasteiger partial charge on any atom is 0.145 e. The highest BCUT2D eigenvalue weighted by atomic mass is 16.5. The Morgan fingerprint density at radius 2 is 1.55 bits per heavy atom. The lowest BCUT2D eigenvalue weighted by atomic mass is 10.2. The van der Waals surface area contributed by atoms with E-state index in [4.69, 9.17) is 14.7 Å². The number of ether oxygens (including phenoxy) is 1. The second-order valence-corrected chi connectivity index (χ2v) is 7.53. The van der Waals surface area contributed by atoms with Gasteiger partial charge in [-0.3, -0.25) is 4.90 Å². The molecule has 2 fully saturated rings. The van der Waals surface area contributed by atoms with Crippen molar-refractivity contribution in [2.24, 2.45) is 0 Å². The van der Waals surface area contributed by atoms with Gasteiger partial charge in [0.1, 0.15) is 17.5 Å². The van der Waals surface area contributed by atoms with E-state index >= 15 is 0 Å². The lowest BCUT2D eigenvalue weighted by Gasteiger charge is -2.36. The molecule has 150 valence electrons. The Kier molecular flexibility index (Phi) is 5.23. The third kappa shape index (κ3) is 4.02. The number of nitrogens with zero attached hydrogens (tertiary/aromatic N) is 6. The number of piperazine rings is 1. The van der Waals surface area contributed by atoms with Crippen LogP contribution in [0.15, 0.2) is 48.7 Å². The first kappa shape index (κ1) is 18.3. The number of rotatable bonds is 4. The third-order valence-electron chi connectivity index (χ3n) is 5.65. The molecule has 2 saturated heterocycles. The number of anilines is 2. The van der Waals surface area contributed by atoms with E-state index in [1.807, 2.05) is 18.3 Å². The highest BCUT2D eigenvalue weighted by molar-refractivity contribution is 5.89. The van der Waals surface area contributed by atoms with Crippen molar-refractivity contribution in [2.75, 3.05) is 62.3 Å². The smallest absolute Gasteiger partial charge is 0.145 e. The van der Waals surface area contributed by atoms with Crippen LogP contribution in [0.1, 0.15) is 5.82 Å². The van der Waals surface area contributed by atoms with Crippen molar-refractivity contribution >= 4 is 22.5 Å². The van der Waals surface area contributed by atoms with Crippen molar-refractivity contribution in [3.05, 3.63) is 54.5 Å². The Balaban J connectivity index is 1.38. The van der Waals surface area contributed by atoms with E-state index in [0.717, 1.165) is 87.4 Å². The van der Waals surface area contributed by atoms with E-state index in [9.17, 15) is 0 Å². The molecule has 0 bridgehead atoms. The number of hydrogen-bond donors (Lipinski definition) is 0. The van der Waals surface area contributed by atoms with Crippen LogP contribution in [0.3, 0.4) is 0 Å². The quantitative estimate of drug-likeness (QED) is 0.677. The number of hydrogen-bond acceptors (Lipinski definition) is 7. The summed E-state index contributed by atoms with van der Waals surface area (Å²) in [5.74, 6) is 3.00. The van der Waals surface area contributed by atoms with Crippen LogP contribution in [0.2, 0.25) is 0 Å². The van der Waals surface area contributed by atoms with Gasteiger partial charge in [0.25, 0.3) is 0 Å². The molecule has 0 atom stereocenters. The van der Waals surface area contributed by atoms with Gasteiger partial charge in [0.2, 0.25) is 0 Å². The highest BCUT2D eigenvalue weighted by Gasteiger charge is 2.22. The Labute approximate surface area is 170 Å². The van der Waals surface area contributed by atoms with Gasteiger partial charge in [-0.15, -0.1) is 0 Å². The Bertz CT molecular complexity index is 952. The van der Waals surface area contributed by atoms with Crippen molar-refractivity contribution < 1.29 is 4.74 Å². The lowest BCUT2D eigenvalue weighted by Crippen LogP contribution is -2.47. The van der Waals surface area contributed by atoms with Gasteiger partial charge in [0, 0.05) is 50.9 Å². The number of fused-ring (bicyclic) bond motifs is 1. The summed E-state index contributed by atoms with van der Waals surface area (Å²) in [5, 5.41) is 1.13. The van der Waals surface area contributed by atoms with Crippen LogP contribution in [0, 0.1) is 0 Å². The van der Waals surface area contributed by atoms with E-state index < -0.39 is 0 Å². The summed E-state index contributed by atoms with van der Waals surface area (Å²) in [7, 11) is 0. The summed E-state index contributed by atoms with van der Waals surface area (Å²) < 4.78 is 5.47. The largest absolute Gasteiger partial charge is 0.379 e. The van der Waals surface area contributed by atoms with Crippen molar-refractivity contribution in [3.63, 3.8) is 0 Å². The molecule has 2 aliphatic rings. The third-order valence-corrected chi connectivity index (χ3v) is 5.65. The molecule has 1 aromatic carbocycles. The topological polar surface area (TPSA) is 57.6 Å². The van der Waals surface area contributed by atoms with Crippen molar-refractivity contribution in [1.29, 1.82) is 0 Å². The van der Waals surface area contributed by atoms with Crippen LogP contribution in [0.5, 0.6) is 0 Å². The van der Waals surface area contributed by atoms with Crippen molar-refractivity contribution in [2.45, 2.75) is 6.54 Å². The monoisotopic (exact) mass is 390 g/mol. The Hall–Kier alpha value is -2.77. The van der Waals surface area contributed by atoms with Crippen LogP contribution < -0.4 is 9.80 Å². The molecule has 2 aromatic heterocycles. The van der Waals surface area contributed by atoms with E-state index in [1.54, 1.807) is 0 Å². The minimum atomic E-state index is 0.773. The first-order chi connectivity index (χ1) is 14.4. The van der Waals surface area contributed by atoms with E-state index in [1.165, 1.54) is 0 Å². The standard InChI is InChI=1S/C22H26N6O/c1-2-6-19-18(5-1)22(25-20(24-19)17-26-13-15-29-16-14-26)28-11-9-27(10-12-28)21-7-3-4-8-23-21/h1-8H,9-17H2. The summed E-state index contributed by atoms with van der Waals surface area (Å²) in [6, 6.07) is 14.4. The highest BCUT2D eigenvalue weighted by Crippen LogP contribution is 2.26. The normalized spacial score (nSPS) is 18.3. The van der Waals surface area contributed by atoms with Gasteiger partial charge in [-0.25, -0.2) is 15.0 Å². The van der Waals surface area contributed by atoms with Gasteiger partial charge < -0.3 is 14.5 Å². The van der Waals surface area contributed by atoms with Crippen molar-refractivity contribution in [1.82, 2.24) is 19.9 Å². The minimum absolute atomic E-state index is 0.773. The van der Waals surface area contributed by atoms with Crippen LogP contribution in [0.4, 0.5) is 11.6 Å². The minimum Gasteiger partial charge on any atom is -0.379 e. The molecule has 4 heterocycles. The molecule has 29 heavy (non-hydrogen) atoms. The van der Waals surface area contributed by atoms with Gasteiger partial charge in [0.15, 0.2) is 0 Å². The zero-order valence-electron chi connectivity index (χ0n) is 16.6. The van der Waals surface area contributed by atoms with Crippen LogP contribution in [0.25, 0.3) is 10.9 Å². The number of pyridine rings is 1. The van der Waals surface area contributed by atoms with Gasteiger partial charge in [0.05, 0.1) is 25.3 Å². The molecule has 7 nitrogen and oxygen atoms in total. The molecular weight excluding hydrogens is 364 g/mol. The van der Waals surface area contributed by atoms with Gasteiger partial charge >= 0.3 is 0 Å². The fourth-order valence-electron chi connectivity index (χ4n) is 4.07. The average molecular weight is 390 g/mol. The summed E-state index contributed by atoms with van der Waals surface area (Å²) in [4.78, 5) is 21.5. The first-order valence-electron chi connectivity index (χ1n) is 10.3. The fourth-order valence-corrected chi connectivity index (χ4v) is 4.07. The summed E-state index contributed by atoms with van der Waals surface area (Å²) in [5.41, 5.74) is 1.02. The van der Waals surface area contributed by atoms with E-state index in [0.29, 0.717) is 0 Å². The lowest BCUT2D eigenvalue weighted by molar-refractivity contribution is 0.0331. The van der Waals surface area contributed by atoms with Gasteiger partial charge in [-0.2, -0.15) is 0 Å². The maximum absolute atomic E-state index is 5.47. The molecule has 0 amide bonds. The molecule has 0 aliphatic carbocycles. The molecule has 0 saturated carbocycles. The molecule has 0 radical (unpaired) electrons. The molecule has 0 N–H and O–H groups in total. The maximum atomic E-state index is 5.47. The Morgan fingerprint density at radius 3 is 2.34 bits per heavy atom. The average Bonchev–Trinajstić information content (AvgIpc) is 2.80. The fraction of sp³-hybridized carbons (Fsp3) is 0.409. The zero-order valence-corrected chi connectivity index (χ0v) is 16.6. The van der Waals surface area contributed by atoms with Crippen LogP contribution in [-0.2, 0) is 11.3 Å². The molecular formula is C22H26N6O. The molecule has 0 unspecified atom stereocenters. The molecule has 2 aliphatic heterocycles. The summed E-state index contributed by atoms with van der Waals surface area (Å²) in [6.45, 7) is 7.95. The zero-order chi connectivity index (χ0) is 19.5. The van der Waals surface area contributed by atoms with E-state index in [-0.39, 0.29) is 0 Å². The second-order valence-electron chi connectivity index (χ2n) is 7.53. The summed E-state index contributed by atoms with van der Waals surface area (Å²) in [6.07, 6.45) is 1.86. The molecule has 0 spiro atoms. The van der Waals surface area contributed by atoms with Crippen molar-refractivity contribution in [3.8, 4) is 0 Å². The predicted octanol–water partition coefficient (Wildman–Crippen LogP) is 2.18. The molecule has 3 aromatic rings. The van der Waals surface area contributed by atoms with Crippen LogP contribution >= 0.6 is 0 Å². The number of para-hydroxylation sites is 1.